The van der Waals surface area contributed by atoms with E-state index in [1.165, 1.54) is 22.1 Å². The van der Waals surface area contributed by atoms with Crippen molar-refractivity contribution in [3.8, 4) is 32.6 Å². The maximum atomic E-state index is 14.5. The second-order valence-electron chi connectivity index (χ2n) is 8.20. The van der Waals surface area contributed by atoms with E-state index >= 15 is 0 Å². The van der Waals surface area contributed by atoms with Gasteiger partial charge in [-0.05, 0) is 42.0 Å². The van der Waals surface area contributed by atoms with Gasteiger partial charge in [-0.2, -0.15) is 4.98 Å². The first-order chi connectivity index (χ1) is 17.0. The summed E-state index contributed by atoms with van der Waals surface area (Å²) in [5.74, 6) is -0.751. The third-order valence-electron chi connectivity index (χ3n) is 5.90. The molecule has 4 aromatic rings. The number of hydrogen-bond acceptors (Lipinski definition) is 7. The summed E-state index contributed by atoms with van der Waals surface area (Å²) in [6.07, 6.45) is 1.18. The topological polar surface area (TPSA) is 104 Å². The van der Waals surface area contributed by atoms with Gasteiger partial charge in [-0.15, -0.1) is 16.4 Å². The summed E-state index contributed by atoms with van der Waals surface area (Å²) in [6.45, 7) is 1.07. The summed E-state index contributed by atoms with van der Waals surface area (Å²) in [4.78, 5) is 18.5. The number of aromatic nitrogens is 3. The summed E-state index contributed by atoms with van der Waals surface area (Å²) < 4.78 is 40.5. The lowest BCUT2D eigenvalue weighted by atomic mass is 10.0. The molecule has 2 aromatic heterocycles. The van der Waals surface area contributed by atoms with Gasteiger partial charge in [0, 0.05) is 34.9 Å². The predicted octanol–water partition coefficient (Wildman–Crippen LogP) is 3.93. The maximum absolute atomic E-state index is 14.5. The van der Waals surface area contributed by atoms with E-state index in [1.54, 1.807) is 12.1 Å². The van der Waals surface area contributed by atoms with Crippen molar-refractivity contribution < 1.29 is 23.0 Å². The van der Waals surface area contributed by atoms with Gasteiger partial charge in [0.1, 0.15) is 23.5 Å². The molecule has 2 aliphatic heterocycles. The van der Waals surface area contributed by atoms with Gasteiger partial charge in [0.15, 0.2) is 11.6 Å². The first kappa shape index (κ1) is 21.7. The van der Waals surface area contributed by atoms with Crippen molar-refractivity contribution in [2.45, 2.75) is 19.1 Å². The molecular formula is C24H19F2N5O3S. The number of hydrogen-bond donors (Lipinski definition) is 2. The Labute approximate surface area is 202 Å². The Balaban J connectivity index is 1.38. The molecule has 8 nitrogen and oxygen atoms in total. The molecule has 6 rings (SSSR count). The van der Waals surface area contributed by atoms with E-state index in [0.29, 0.717) is 36.8 Å². The molecule has 3 N–H and O–H groups in total. The predicted molar refractivity (Wildman–Crippen MR) is 125 cm³/mol. The highest BCUT2D eigenvalue weighted by Gasteiger charge is 2.25. The third-order valence-corrected chi connectivity index (χ3v) is 7.11. The van der Waals surface area contributed by atoms with Gasteiger partial charge in [0.2, 0.25) is 5.95 Å². The monoisotopic (exact) mass is 495 g/mol. The van der Waals surface area contributed by atoms with Crippen LogP contribution in [0.15, 0.2) is 42.5 Å². The van der Waals surface area contributed by atoms with Crippen LogP contribution in [-0.2, 0) is 11.2 Å². The zero-order valence-corrected chi connectivity index (χ0v) is 19.1. The molecule has 2 aliphatic rings. The first-order valence-corrected chi connectivity index (χ1v) is 11.8. The number of nitrogen functional groups attached to an aromatic ring is 1. The Hall–Kier alpha value is -3.83. The number of ether oxygens (including phenoxy) is 2. The number of carbonyl (C=O) groups excluding carboxylic acids is 1. The van der Waals surface area contributed by atoms with E-state index in [4.69, 9.17) is 15.2 Å². The molecule has 0 bridgehead atoms. The second kappa shape index (κ2) is 8.43. The van der Waals surface area contributed by atoms with Crippen LogP contribution in [0, 0.1) is 11.6 Å². The normalized spacial score (nSPS) is 16.5. The molecule has 2 aromatic carbocycles. The number of benzene rings is 2. The van der Waals surface area contributed by atoms with Crippen LogP contribution in [-0.4, -0.2) is 40.1 Å². The van der Waals surface area contributed by atoms with Gasteiger partial charge in [0.05, 0.1) is 18.1 Å². The smallest absolute Gasteiger partial charge is 0.253 e. The number of fused-ring (bicyclic) bond motifs is 3. The Morgan fingerprint density at radius 3 is 2.80 bits per heavy atom. The molecular weight excluding hydrogens is 476 g/mol. The van der Waals surface area contributed by atoms with E-state index < -0.39 is 11.6 Å². The van der Waals surface area contributed by atoms with Crippen LogP contribution in [0.3, 0.4) is 0 Å². The minimum absolute atomic E-state index is 0.0258. The number of carbonyl (C=O) groups is 1. The van der Waals surface area contributed by atoms with E-state index in [9.17, 15) is 13.6 Å². The third kappa shape index (κ3) is 3.92. The number of anilines is 1. The van der Waals surface area contributed by atoms with E-state index in [1.807, 2.05) is 12.1 Å². The Bertz CT molecular complexity index is 1460. The van der Waals surface area contributed by atoms with E-state index in [-0.39, 0.29) is 23.8 Å². The molecule has 1 fully saturated rings. The van der Waals surface area contributed by atoms with Crippen LogP contribution in [0.25, 0.3) is 26.8 Å². The number of nitrogens with zero attached hydrogens (tertiary/aromatic N) is 3. The summed E-state index contributed by atoms with van der Waals surface area (Å²) in [5, 5.41) is 6.97. The highest BCUT2D eigenvalue weighted by Crippen LogP contribution is 2.44. The molecule has 1 atom stereocenters. The summed E-state index contributed by atoms with van der Waals surface area (Å²) >= 11 is 1.44. The minimum atomic E-state index is -0.772. The van der Waals surface area contributed by atoms with Crippen LogP contribution in [0.4, 0.5) is 14.7 Å². The molecule has 0 aliphatic carbocycles. The van der Waals surface area contributed by atoms with Crippen molar-refractivity contribution in [1.29, 1.82) is 0 Å². The Morgan fingerprint density at radius 1 is 1.17 bits per heavy atom. The summed E-state index contributed by atoms with van der Waals surface area (Å²) in [7, 11) is 0. The number of nitrogens with one attached hydrogen (secondary N) is 1. The lowest BCUT2D eigenvalue weighted by Crippen LogP contribution is -2.44. The molecule has 11 heteroatoms. The molecule has 0 spiro atoms. The fraction of sp³-hybridized carbons (Fsp3) is 0.208. The van der Waals surface area contributed by atoms with Crippen molar-refractivity contribution >= 4 is 23.2 Å². The standard InChI is InChI=1S/C24H19F2N5O3S/c25-14-2-4-17(16(26)11-14)31-22(29-24(27)30-31)19-10-12-5-7-33-18-9-13(1-3-15(18)21(12)35-19)23(32)28-20-6-8-34-20/h1-4,9-11,20H,5-8H2,(H2,27,30)(H,28,32). The van der Waals surface area contributed by atoms with Crippen LogP contribution < -0.4 is 15.8 Å². The number of thiophene rings is 1. The quantitative estimate of drug-likeness (QED) is 0.445. The number of rotatable bonds is 4. The number of halogens is 2. The Kier molecular flexibility index (Phi) is 5.23. The SMILES string of the molecule is Nc1nc(-c2cc3c(s2)-c2ccc(C(=O)NC4CCO4)cc2OCC3)n(-c2ccc(F)cc2F)n1. The average Bonchev–Trinajstić information content (AvgIpc) is 3.35. The molecule has 0 radical (unpaired) electrons. The molecule has 4 heterocycles. The van der Waals surface area contributed by atoms with Crippen molar-refractivity contribution in [1.82, 2.24) is 20.1 Å². The van der Waals surface area contributed by atoms with Gasteiger partial charge in [0.25, 0.3) is 5.91 Å². The molecule has 35 heavy (non-hydrogen) atoms. The minimum Gasteiger partial charge on any atom is -0.493 e. The second-order valence-corrected chi connectivity index (χ2v) is 9.25. The van der Waals surface area contributed by atoms with Gasteiger partial charge in [-0.25, -0.2) is 13.5 Å². The fourth-order valence-corrected chi connectivity index (χ4v) is 5.30. The summed E-state index contributed by atoms with van der Waals surface area (Å²) in [5.41, 5.74) is 8.25. The van der Waals surface area contributed by atoms with Gasteiger partial charge in [-0.1, -0.05) is 0 Å². The van der Waals surface area contributed by atoms with Crippen molar-refractivity contribution in [3.63, 3.8) is 0 Å². The van der Waals surface area contributed by atoms with Crippen molar-refractivity contribution in [3.05, 3.63) is 65.2 Å². The highest BCUT2D eigenvalue weighted by atomic mass is 32.1. The lowest BCUT2D eigenvalue weighted by Gasteiger charge is -2.27. The summed E-state index contributed by atoms with van der Waals surface area (Å²) in [6, 6.07) is 10.5. The molecule has 0 saturated carbocycles. The molecule has 178 valence electrons. The van der Waals surface area contributed by atoms with Crippen molar-refractivity contribution in [2.24, 2.45) is 0 Å². The zero-order chi connectivity index (χ0) is 24.1. The first-order valence-electron chi connectivity index (χ1n) is 11.0. The fourth-order valence-electron chi connectivity index (χ4n) is 4.08. The molecule has 1 unspecified atom stereocenters. The average molecular weight is 496 g/mol. The van der Waals surface area contributed by atoms with Gasteiger partial charge < -0.3 is 20.5 Å². The molecule has 1 saturated heterocycles. The van der Waals surface area contributed by atoms with Crippen LogP contribution >= 0.6 is 11.3 Å². The van der Waals surface area contributed by atoms with E-state index in [0.717, 1.165) is 39.4 Å². The van der Waals surface area contributed by atoms with Crippen LogP contribution in [0.5, 0.6) is 5.75 Å². The zero-order valence-electron chi connectivity index (χ0n) is 18.3. The number of nitrogens with two attached hydrogens (primary N) is 1. The maximum Gasteiger partial charge on any atom is 0.253 e. The number of amides is 1. The van der Waals surface area contributed by atoms with Gasteiger partial charge in [-0.3, -0.25) is 4.79 Å². The molecule has 1 amide bonds. The highest BCUT2D eigenvalue weighted by molar-refractivity contribution is 7.19. The lowest BCUT2D eigenvalue weighted by molar-refractivity contribution is -0.0647. The Morgan fingerprint density at radius 2 is 2.03 bits per heavy atom. The van der Waals surface area contributed by atoms with E-state index in [2.05, 4.69) is 15.4 Å². The largest absolute Gasteiger partial charge is 0.493 e. The van der Waals surface area contributed by atoms with Crippen LogP contribution in [0.1, 0.15) is 22.3 Å². The van der Waals surface area contributed by atoms with Gasteiger partial charge >= 0.3 is 0 Å². The van der Waals surface area contributed by atoms with Crippen molar-refractivity contribution in [2.75, 3.05) is 18.9 Å². The van der Waals surface area contributed by atoms with Crippen LogP contribution in [0.2, 0.25) is 0 Å².